The van der Waals surface area contributed by atoms with Gasteiger partial charge < -0.3 is 14.3 Å². The fraction of sp³-hybridized carbons (Fsp3) is 0.207. The number of oxime groups is 1. The lowest BCUT2D eigenvalue weighted by Gasteiger charge is -2.08. The van der Waals surface area contributed by atoms with Crippen molar-refractivity contribution in [3.8, 4) is 16.3 Å². The molecule has 0 saturated heterocycles. The van der Waals surface area contributed by atoms with Crippen LogP contribution >= 0.6 is 11.3 Å². The first-order valence-corrected chi connectivity index (χ1v) is 12.5. The standard InChI is InChI=1S/C29H28N2O4S/c1-21-27(30-29(36-21)24-11-7-4-8-12-24)20-34-25-15-13-22(14-16-25)19-35-31-26(17-18-28(32)33-2)23-9-5-3-6-10-23/h3-16H,17-20H2,1-2H3/b31-26+. The van der Waals surface area contributed by atoms with Gasteiger partial charge in [0.05, 0.1) is 24.9 Å². The number of hydrogen-bond donors (Lipinski definition) is 0. The van der Waals surface area contributed by atoms with Crippen LogP contribution in [0.5, 0.6) is 5.75 Å². The zero-order valence-corrected chi connectivity index (χ0v) is 21.2. The number of esters is 1. The third-order valence-corrected chi connectivity index (χ3v) is 6.58. The molecule has 0 N–H and O–H groups in total. The number of rotatable bonds is 11. The molecule has 0 atom stereocenters. The molecule has 0 spiro atoms. The Morgan fingerprint density at radius 1 is 0.889 bits per heavy atom. The first kappa shape index (κ1) is 25.1. The Bertz CT molecular complexity index is 1290. The van der Waals surface area contributed by atoms with Crippen molar-refractivity contribution in [1.29, 1.82) is 0 Å². The first-order valence-electron chi connectivity index (χ1n) is 11.7. The minimum Gasteiger partial charge on any atom is -0.487 e. The van der Waals surface area contributed by atoms with Gasteiger partial charge in [-0.3, -0.25) is 4.79 Å². The van der Waals surface area contributed by atoms with Crippen molar-refractivity contribution in [1.82, 2.24) is 4.98 Å². The molecule has 0 unspecified atom stereocenters. The molecule has 1 heterocycles. The van der Waals surface area contributed by atoms with Crippen LogP contribution in [0.25, 0.3) is 10.6 Å². The van der Waals surface area contributed by atoms with E-state index in [1.54, 1.807) is 11.3 Å². The van der Waals surface area contributed by atoms with Gasteiger partial charge in [-0.2, -0.15) is 0 Å². The summed E-state index contributed by atoms with van der Waals surface area (Å²) in [5, 5.41) is 5.30. The van der Waals surface area contributed by atoms with E-state index in [0.717, 1.165) is 38.0 Å². The smallest absolute Gasteiger partial charge is 0.305 e. The number of thiazole rings is 1. The number of nitrogens with zero attached hydrogens (tertiary/aromatic N) is 2. The van der Waals surface area contributed by atoms with E-state index in [-0.39, 0.29) is 12.4 Å². The average Bonchev–Trinajstić information content (AvgIpc) is 3.31. The van der Waals surface area contributed by atoms with Gasteiger partial charge in [0.25, 0.3) is 0 Å². The van der Waals surface area contributed by atoms with Crippen LogP contribution in [-0.4, -0.2) is 23.8 Å². The summed E-state index contributed by atoms with van der Waals surface area (Å²) in [6.45, 7) is 2.79. The molecule has 0 fully saturated rings. The average molecular weight is 501 g/mol. The summed E-state index contributed by atoms with van der Waals surface area (Å²) in [5.74, 6) is 0.484. The van der Waals surface area contributed by atoms with E-state index in [4.69, 9.17) is 19.3 Å². The van der Waals surface area contributed by atoms with E-state index in [9.17, 15) is 4.79 Å². The minimum atomic E-state index is -0.279. The van der Waals surface area contributed by atoms with Gasteiger partial charge in [0.1, 0.15) is 24.0 Å². The predicted octanol–water partition coefficient (Wildman–Crippen LogP) is 6.57. The Hall–Kier alpha value is -3.97. The molecule has 0 aliphatic heterocycles. The lowest BCUT2D eigenvalue weighted by molar-refractivity contribution is -0.140. The number of carbonyl (C=O) groups excluding carboxylic acids is 1. The quantitative estimate of drug-likeness (QED) is 0.132. The van der Waals surface area contributed by atoms with Crippen LogP contribution in [0.3, 0.4) is 0 Å². The van der Waals surface area contributed by atoms with Gasteiger partial charge >= 0.3 is 5.97 Å². The maximum atomic E-state index is 11.6. The Balaban J connectivity index is 1.32. The minimum absolute atomic E-state index is 0.241. The van der Waals surface area contributed by atoms with E-state index in [0.29, 0.717) is 25.3 Å². The highest BCUT2D eigenvalue weighted by atomic mass is 32.1. The summed E-state index contributed by atoms with van der Waals surface area (Å²) in [6.07, 6.45) is 0.677. The lowest BCUT2D eigenvalue weighted by Crippen LogP contribution is -2.08. The van der Waals surface area contributed by atoms with E-state index in [1.807, 2.05) is 72.8 Å². The molecule has 0 bridgehead atoms. The maximum absolute atomic E-state index is 11.6. The zero-order valence-electron chi connectivity index (χ0n) is 20.3. The van der Waals surface area contributed by atoms with Crippen molar-refractivity contribution < 1.29 is 19.1 Å². The molecule has 7 heteroatoms. The molecule has 0 aliphatic rings. The zero-order chi connectivity index (χ0) is 25.2. The Labute approximate surface area is 215 Å². The number of methoxy groups -OCH3 is 1. The van der Waals surface area contributed by atoms with Crippen LogP contribution in [0.4, 0.5) is 0 Å². The SMILES string of the molecule is COC(=O)CC/C(=N\OCc1ccc(OCc2nc(-c3ccccc3)sc2C)cc1)c1ccccc1. The van der Waals surface area contributed by atoms with Gasteiger partial charge in [-0.1, -0.05) is 78.0 Å². The summed E-state index contributed by atoms with van der Waals surface area (Å²) < 4.78 is 10.7. The number of benzene rings is 3. The van der Waals surface area contributed by atoms with Crippen LogP contribution in [0, 0.1) is 6.92 Å². The van der Waals surface area contributed by atoms with E-state index in [1.165, 1.54) is 7.11 Å². The van der Waals surface area contributed by atoms with Crippen molar-refractivity contribution in [2.75, 3.05) is 7.11 Å². The Kier molecular flexibility index (Phi) is 8.83. The van der Waals surface area contributed by atoms with E-state index < -0.39 is 0 Å². The second kappa shape index (κ2) is 12.7. The maximum Gasteiger partial charge on any atom is 0.305 e. The van der Waals surface area contributed by atoms with E-state index >= 15 is 0 Å². The molecule has 0 radical (unpaired) electrons. The fourth-order valence-corrected chi connectivity index (χ4v) is 4.40. The van der Waals surface area contributed by atoms with E-state index in [2.05, 4.69) is 24.2 Å². The Morgan fingerprint density at radius 3 is 2.28 bits per heavy atom. The fourth-order valence-electron chi connectivity index (χ4n) is 3.48. The highest BCUT2D eigenvalue weighted by molar-refractivity contribution is 7.15. The first-order chi connectivity index (χ1) is 17.6. The molecule has 36 heavy (non-hydrogen) atoms. The molecule has 1 aromatic heterocycles. The normalized spacial score (nSPS) is 11.2. The number of carbonyl (C=O) groups is 1. The molecule has 4 rings (SSSR count). The van der Waals surface area contributed by atoms with Crippen molar-refractivity contribution in [3.05, 3.63) is 107 Å². The van der Waals surface area contributed by atoms with Crippen molar-refractivity contribution in [3.63, 3.8) is 0 Å². The number of aromatic nitrogens is 1. The molecule has 184 valence electrons. The predicted molar refractivity (Wildman–Crippen MR) is 142 cm³/mol. The second-order valence-electron chi connectivity index (χ2n) is 8.07. The van der Waals surface area contributed by atoms with Crippen molar-refractivity contribution in [2.24, 2.45) is 5.16 Å². The monoisotopic (exact) mass is 500 g/mol. The third kappa shape index (κ3) is 7.02. The molecular formula is C29H28N2O4S. The molecule has 6 nitrogen and oxygen atoms in total. The van der Waals surface area contributed by atoms with Crippen LogP contribution in [0.15, 0.2) is 90.1 Å². The highest BCUT2D eigenvalue weighted by Gasteiger charge is 2.11. The largest absolute Gasteiger partial charge is 0.487 e. The topological polar surface area (TPSA) is 70.0 Å². The van der Waals surface area contributed by atoms with Gasteiger partial charge in [-0.25, -0.2) is 4.98 Å². The van der Waals surface area contributed by atoms with Gasteiger partial charge in [-0.05, 0) is 30.2 Å². The van der Waals surface area contributed by atoms with Crippen LogP contribution in [0.1, 0.15) is 34.5 Å². The van der Waals surface area contributed by atoms with Gasteiger partial charge in [-0.15, -0.1) is 11.3 Å². The molecule has 0 amide bonds. The second-order valence-corrected chi connectivity index (χ2v) is 9.28. The number of ether oxygens (including phenoxy) is 2. The molecule has 3 aromatic carbocycles. The van der Waals surface area contributed by atoms with Crippen molar-refractivity contribution in [2.45, 2.75) is 33.0 Å². The summed E-state index contributed by atoms with van der Waals surface area (Å²) in [7, 11) is 1.38. The third-order valence-electron chi connectivity index (χ3n) is 5.52. The summed E-state index contributed by atoms with van der Waals surface area (Å²) in [4.78, 5) is 23.1. The number of hydrogen-bond acceptors (Lipinski definition) is 7. The van der Waals surface area contributed by atoms with Gasteiger partial charge in [0, 0.05) is 16.9 Å². The van der Waals surface area contributed by atoms with Crippen LogP contribution in [0.2, 0.25) is 0 Å². The molecule has 4 aromatic rings. The van der Waals surface area contributed by atoms with Gasteiger partial charge in [0.2, 0.25) is 0 Å². The molecule has 0 aliphatic carbocycles. The van der Waals surface area contributed by atoms with Gasteiger partial charge in [0.15, 0.2) is 0 Å². The summed E-state index contributed by atoms with van der Waals surface area (Å²) in [5.41, 5.74) is 4.64. The summed E-state index contributed by atoms with van der Waals surface area (Å²) in [6, 6.07) is 27.6. The lowest BCUT2D eigenvalue weighted by atomic mass is 10.1. The van der Waals surface area contributed by atoms with Crippen LogP contribution in [-0.2, 0) is 27.6 Å². The summed E-state index contributed by atoms with van der Waals surface area (Å²) >= 11 is 1.68. The van der Waals surface area contributed by atoms with Crippen LogP contribution < -0.4 is 4.74 Å². The molecular weight excluding hydrogens is 472 g/mol. The Morgan fingerprint density at radius 2 is 1.58 bits per heavy atom. The van der Waals surface area contributed by atoms with Crippen molar-refractivity contribution >= 4 is 23.0 Å². The number of aryl methyl sites for hydroxylation is 1. The molecule has 0 saturated carbocycles. The highest BCUT2D eigenvalue weighted by Crippen LogP contribution is 2.28.